The minimum atomic E-state index is -0.0313. The molecule has 0 heterocycles. The van der Waals surface area contributed by atoms with E-state index in [1.54, 1.807) is 0 Å². The van der Waals surface area contributed by atoms with Crippen LogP contribution in [0, 0.1) is 5.92 Å². The second-order valence-corrected chi connectivity index (χ2v) is 6.65. The maximum Gasteiger partial charge on any atom is 0.252 e. The molecule has 0 aliphatic rings. The summed E-state index contributed by atoms with van der Waals surface area (Å²) in [5, 5.41) is 3.97. The van der Waals surface area contributed by atoms with Gasteiger partial charge in [-0.3, -0.25) is 4.79 Å². The van der Waals surface area contributed by atoms with Crippen LogP contribution >= 0.6 is 47.8 Å². The Morgan fingerprint density at radius 3 is 2.72 bits per heavy atom. The second-order valence-electron chi connectivity index (χ2n) is 4.09. The van der Waals surface area contributed by atoms with Crippen molar-refractivity contribution in [2.75, 3.05) is 11.9 Å². The van der Waals surface area contributed by atoms with E-state index in [1.165, 1.54) is 0 Å². The lowest BCUT2D eigenvalue weighted by molar-refractivity contribution is 0.0945. The van der Waals surface area contributed by atoms with E-state index in [4.69, 9.17) is 0 Å². The molecule has 1 N–H and O–H groups in total. The van der Waals surface area contributed by atoms with Crippen molar-refractivity contribution in [1.29, 1.82) is 0 Å². The van der Waals surface area contributed by atoms with Crippen molar-refractivity contribution in [2.24, 2.45) is 5.92 Å². The first-order chi connectivity index (χ1) is 8.58. The number of amides is 1. The first-order valence-electron chi connectivity index (χ1n) is 5.87. The molecule has 0 saturated heterocycles. The molecule has 1 amide bonds. The van der Waals surface area contributed by atoms with Crippen LogP contribution < -0.4 is 5.32 Å². The summed E-state index contributed by atoms with van der Waals surface area (Å²) in [5.41, 5.74) is 0.665. The predicted octanol–water partition coefficient (Wildman–Crippen LogP) is 4.75. The van der Waals surface area contributed by atoms with Gasteiger partial charge >= 0.3 is 0 Å². The molecule has 0 saturated carbocycles. The van der Waals surface area contributed by atoms with Crippen LogP contribution in [-0.4, -0.2) is 17.8 Å². The minimum Gasteiger partial charge on any atom is -0.352 e. The average Bonchev–Trinajstić information content (AvgIpc) is 2.37. The number of halogens is 3. The zero-order valence-electron chi connectivity index (χ0n) is 10.2. The largest absolute Gasteiger partial charge is 0.352 e. The lowest BCUT2D eigenvalue weighted by Gasteiger charge is -2.14. The summed E-state index contributed by atoms with van der Waals surface area (Å²) in [5.74, 6) is 0.496. The SMILES string of the molecule is CCC(CCBr)CNC(=O)c1cc(Br)ccc1Br. The molecule has 0 aliphatic heterocycles. The molecule has 0 aromatic heterocycles. The fraction of sp³-hybridized carbons (Fsp3) is 0.462. The highest BCUT2D eigenvalue weighted by atomic mass is 79.9. The Balaban J connectivity index is 2.62. The quantitative estimate of drug-likeness (QED) is 0.634. The fourth-order valence-corrected chi connectivity index (χ4v) is 3.04. The minimum absolute atomic E-state index is 0.0313. The highest BCUT2D eigenvalue weighted by Gasteiger charge is 2.12. The molecule has 1 aromatic rings. The summed E-state index contributed by atoms with van der Waals surface area (Å²) < 4.78 is 1.72. The zero-order valence-corrected chi connectivity index (χ0v) is 14.9. The van der Waals surface area contributed by atoms with Crippen LogP contribution in [0.5, 0.6) is 0 Å². The van der Waals surface area contributed by atoms with Crippen molar-refractivity contribution in [3.63, 3.8) is 0 Å². The van der Waals surface area contributed by atoms with Gasteiger partial charge in [-0.1, -0.05) is 45.2 Å². The van der Waals surface area contributed by atoms with E-state index in [2.05, 4.69) is 60.0 Å². The van der Waals surface area contributed by atoms with Gasteiger partial charge in [0.2, 0.25) is 0 Å². The third-order valence-corrected chi connectivity index (χ3v) is 4.46. The average molecular weight is 442 g/mol. The van der Waals surface area contributed by atoms with E-state index in [0.717, 1.165) is 33.7 Å². The van der Waals surface area contributed by atoms with Crippen LogP contribution in [0.3, 0.4) is 0 Å². The van der Waals surface area contributed by atoms with Crippen LogP contribution in [0.2, 0.25) is 0 Å². The number of alkyl halides is 1. The Bertz CT molecular complexity index is 409. The molecule has 0 aliphatic carbocycles. The van der Waals surface area contributed by atoms with Crippen molar-refractivity contribution in [3.05, 3.63) is 32.7 Å². The maximum atomic E-state index is 12.1. The summed E-state index contributed by atoms with van der Waals surface area (Å²) in [4.78, 5) is 12.1. The van der Waals surface area contributed by atoms with Gasteiger partial charge in [-0.2, -0.15) is 0 Å². The van der Waals surface area contributed by atoms with Crippen molar-refractivity contribution >= 4 is 53.7 Å². The lowest BCUT2D eigenvalue weighted by Crippen LogP contribution is -2.29. The topological polar surface area (TPSA) is 29.1 Å². The highest BCUT2D eigenvalue weighted by Crippen LogP contribution is 2.21. The second kappa shape index (κ2) is 8.33. The van der Waals surface area contributed by atoms with Gasteiger partial charge in [-0.25, -0.2) is 0 Å². The number of carbonyl (C=O) groups excluding carboxylic acids is 1. The summed E-state index contributed by atoms with van der Waals surface area (Å²) in [6.07, 6.45) is 2.15. The molecular formula is C13H16Br3NO. The lowest BCUT2D eigenvalue weighted by atomic mass is 10.0. The monoisotopic (exact) mass is 439 g/mol. The van der Waals surface area contributed by atoms with E-state index in [9.17, 15) is 4.79 Å². The third-order valence-electron chi connectivity index (χ3n) is 2.82. The maximum absolute atomic E-state index is 12.1. The van der Waals surface area contributed by atoms with Gasteiger partial charge < -0.3 is 5.32 Å². The molecule has 1 unspecified atom stereocenters. The Kier molecular flexibility index (Phi) is 7.49. The Hall–Kier alpha value is 0.130. The van der Waals surface area contributed by atoms with Crippen LogP contribution in [0.1, 0.15) is 30.1 Å². The molecule has 0 fully saturated rings. The fourth-order valence-electron chi connectivity index (χ4n) is 1.61. The molecule has 0 spiro atoms. The van der Waals surface area contributed by atoms with Crippen molar-refractivity contribution < 1.29 is 4.79 Å². The van der Waals surface area contributed by atoms with Crippen LogP contribution in [0.25, 0.3) is 0 Å². The molecule has 0 radical (unpaired) electrons. The summed E-state index contributed by atoms with van der Waals surface area (Å²) in [7, 11) is 0. The molecular weight excluding hydrogens is 426 g/mol. The number of hydrogen-bond donors (Lipinski definition) is 1. The first-order valence-corrected chi connectivity index (χ1v) is 8.58. The van der Waals surface area contributed by atoms with Crippen LogP contribution in [0.15, 0.2) is 27.1 Å². The number of hydrogen-bond acceptors (Lipinski definition) is 1. The molecule has 100 valence electrons. The standard InChI is InChI=1S/C13H16Br3NO/c1-2-9(5-6-14)8-17-13(18)11-7-10(15)3-4-12(11)16/h3-4,7,9H,2,5-6,8H2,1H3,(H,17,18). The molecule has 1 atom stereocenters. The Labute approximate surface area is 133 Å². The predicted molar refractivity (Wildman–Crippen MR) is 86.4 cm³/mol. The van der Waals surface area contributed by atoms with E-state index in [0.29, 0.717) is 11.5 Å². The molecule has 18 heavy (non-hydrogen) atoms. The van der Waals surface area contributed by atoms with Gasteiger partial charge in [0.05, 0.1) is 5.56 Å². The van der Waals surface area contributed by atoms with Gasteiger partial charge in [0.1, 0.15) is 0 Å². The van der Waals surface area contributed by atoms with Crippen LogP contribution in [0.4, 0.5) is 0 Å². The third kappa shape index (κ3) is 5.02. The molecule has 1 aromatic carbocycles. The summed E-state index contributed by atoms with van der Waals surface area (Å²) in [6.45, 7) is 2.87. The van der Waals surface area contributed by atoms with Gasteiger partial charge in [0.25, 0.3) is 5.91 Å². The number of nitrogens with one attached hydrogen (secondary N) is 1. The molecule has 5 heteroatoms. The molecule has 1 rings (SSSR count). The van der Waals surface area contributed by atoms with Gasteiger partial charge in [0, 0.05) is 20.8 Å². The molecule has 0 bridgehead atoms. The summed E-state index contributed by atoms with van der Waals surface area (Å²) >= 11 is 10.2. The highest BCUT2D eigenvalue weighted by molar-refractivity contribution is 9.11. The summed E-state index contributed by atoms with van der Waals surface area (Å²) in [6, 6.07) is 5.60. The van der Waals surface area contributed by atoms with Gasteiger partial charge in [-0.05, 0) is 46.5 Å². The first kappa shape index (κ1) is 16.2. The number of benzene rings is 1. The number of carbonyl (C=O) groups is 1. The van der Waals surface area contributed by atoms with Crippen molar-refractivity contribution in [1.82, 2.24) is 5.32 Å². The van der Waals surface area contributed by atoms with E-state index in [-0.39, 0.29) is 5.91 Å². The van der Waals surface area contributed by atoms with Gasteiger partial charge in [-0.15, -0.1) is 0 Å². The van der Waals surface area contributed by atoms with E-state index < -0.39 is 0 Å². The Morgan fingerprint density at radius 2 is 2.11 bits per heavy atom. The normalized spacial score (nSPS) is 12.2. The van der Waals surface area contributed by atoms with E-state index >= 15 is 0 Å². The zero-order chi connectivity index (χ0) is 13.5. The van der Waals surface area contributed by atoms with Gasteiger partial charge in [0.15, 0.2) is 0 Å². The smallest absolute Gasteiger partial charge is 0.252 e. The van der Waals surface area contributed by atoms with Crippen LogP contribution in [-0.2, 0) is 0 Å². The van der Waals surface area contributed by atoms with Crippen molar-refractivity contribution in [3.8, 4) is 0 Å². The van der Waals surface area contributed by atoms with E-state index in [1.807, 2.05) is 18.2 Å². The van der Waals surface area contributed by atoms with Crippen molar-refractivity contribution in [2.45, 2.75) is 19.8 Å². The molecule has 2 nitrogen and oxygen atoms in total. The Morgan fingerprint density at radius 1 is 1.39 bits per heavy atom. The number of rotatable bonds is 6.